The Labute approximate surface area is 101 Å². The molecule has 3 nitrogen and oxygen atoms in total. The SMILES string of the molecule is CCN(CCC#N)Cc1cc(F)cc(C#N)c1. The Bertz CT molecular complexity index is 457. The first-order valence-electron chi connectivity index (χ1n) is 5.48. The van der Waals surface area contributed by atoms with Crippen LogP contribution in [-0.2, 0) is 6.54 Å². The Hall–Kier alpha value is -1.91. The van der Waals surface area contributed by atoms with Gasteiger partial charge in [-0.2, -0.15) is 10.5 Å². The van der Waals surface area contributed by atoms with Gasteiger partial charge in [0.25, 0.3) is 0 Å². The van der Waals surface area contributed by atoms with Gasteiger partial charge in [0, 0.05) is 19.5 Å². The van der Waals surface area contributed by atoms with Gasteiger partial charge in [-0.15, -0.1) is 0 Å². The molecule has 17 heavy (non-hydrogen) atoms. The van der Waals surface area contributed by atoms with E-state index in [2.05, 4.69) is 6.07 Å². The molecule has 0 saturated heterocycles. The van der Waals surface area contributed by atoms with E-state index in [1.807, 2.05) is 17.9 Å². The van der Waals surface area contributed by atoms with Gasteiger partial charge in [0.2, 0.25) is 0 Å². The number of halogens is 1. The zero-order valence-corrected chi connectivity index (χ0v) is 9.78. The summed E-state index contributed by atoms with van der Waals surface area (Å²) in [5, 5.41) is 17.3. The maximum atomic E-state index is 13.2. The summed E-state index contributed by atoms with van der Waals surface area (Å²) in [4.78, 5) is 2.04. The Kier molecular flexibility index (Phi) is 5.13. The number of nitriles is 2. The lowest BCUT2D eigenvalue weighted by atomic mass is 10.1. The van der Waals surface area contributed by atoms with Crippen LogP contribution in [0.15, 0.2) is 18.2 Å². The van der Waals surface area contributed by atoms with Gasteiger partial charge in [-0.3, -0.25) is 4.90 Å². The zero-order chi connectivity index (χ0) is 12.7. The van der Waals surface area contributed by atoms with Crippen LogP contribution in [0.3, 0.4) is 0 Å². The van der Waals surface area contributed by atoms with E-state index >= 15 is 0 Å². The minimum absolute atomic E-state index is 0.330. The quantitative estimate of drug-likeness (QED) is 0.782. The molecule has 0 saturated carbocycles. The first-order chi connectivity index (χ1) is 8.19. The number of benzene rings is 1. The van der Waals surface area contributed by atoms with Crippen molar-refractivity contribution in [1.82, 2.24) is 4.90 Å². The number of nitrogens with zero attached hydrogens (tertiary/aromatic N) is 3. The van der Waals surface area contributed by atoms with E-state index in [1.165, 1.54) is 12.1 Å². The first kappa shape index (κ1) is 13.2. The van der Waals surface area contributed by atoms with Crippen LogP contribution >= 0.6 is 0 Å². The molecule has 0 bridgehead atoms. The molecule has 1 aromatic rings. The van der Waals surface area contributed by atoms with Crippen molar-refractivity contribution in [3.8, 4) is 12.1 Å². The average Bonchev–Trinajstić information content (AvgIpc) is 2.33. The zero-order valence-electron chi connectivity index (χ0n) is 9.78. The highest BCUT2D eigenvalue weighted by Crippen LogP contribution is 2.11. The van der Waals surface area contributed by atoms with E-state index in [0.717, 1.165) is 12.1 Å². The van der Waals surface area contributed by atoms with Crippen molar-refractivity contribution in [1.29, 1.82) is 10.5 Å². The molecule has 1 aromatic carbocycles. The molecule has 0 aromatic heterocycles. The minimum atomic E-state index is -0.393. The summed E-state index contributed by atoms with van der Waals surface area (Å²) in [7, 11) is 0. The number of rotatable bonds is 5. The molecule has 0 spiro atoms. The van der Waals surface area contributed by atoms with Crippen LogP contribution in [0.5, 0.6) is 0 Å². The van der Waals surface area contributed by atoms with Crippen LogP contribution in [0.2, 0.25) is 0 Å². The monoisotopic (exact) mass is 231 g/mol. The molecule has 0 N–H and O–H groups in total. The van der Waals surface area contributed by atoms with Crippen molar-refractivity contribution in [3.05, 3.63) is 35.1 Å². The normalized spacial score (nSPS) is 9.94. The molecule has 0 unspecified atom stereocenters. The van der Waals surface area contributed by atoms with Crippen molar-refractivity contribution in [2.75, 3.05) is 13.1 Å². The fraction of sp³-hybridized carbons (Fsp3) is 0.385. The maximum Gasteiger partial charge on any atom is 0.124 e. The van der Waals surface area contributed by atoms with Crippen LogP contribution in [0, 0.1) is 28.5 Å². The molecule has 0 aliphatic carbocycles. The summed E-state index contributed by atoms with van der Waals surface area (Å²) in [6.07, 6.45) is 0.453. The highest BCUT2D eigenvalue weighted by atomic mass is 19.1. The van der Waals surface area contributed by atoms with E-state index in [0.29, 0.717) is 25.1 Å². The third-order valence-electron chi connectivity index (χ3n) is 2.48. The van der Waals surface area contributed by atoms with E-state index < -0.39 is 5.82 Å². The molecular formula is C13H14FN3. The molecule has 88 valence electrons. The third-order valence-corrected chi connectivity index (χ3v) is 2.48. The second-order valence-electron chi connectivity index (χ2n) is 3.74. The summed E-state index contributed by atoms with van der Waals surface area (Å²) in [6.45, 7) is 4.00. The molecular weight excluding hydrogens is 217 g/mol. The van der Waals surface area contributed by atoms with Crippen molar-refractivity contribution in [3.63, 3.8) is 0 Å². The molecule has 4 heteroatoms. The number of hydrogen-bond acceptors (Lipinski definition) is 3. The van der Waals surface area contributed by atoms with Gasteiger partial charge in [0.1, 0.15) is 5.82 Å². The van der Waals surface area contributed by atoms with Crippen molar-refractivity contribution >= 4 is 0 Å². The van der Waals surface area contributed by atoms with Gasteiger partial charge >= 0.3 is 0 Å². The van der Waals surface area contributed by atoms with Crippen LogP contribution in [-0.4, -0.2) is 18.0 Å². The Morgan fingerprint density at radius 2 is 2.06 bits per heavy atom. The molecule has 0 aliphatic heterocycles. The topological polar surface area (TPSA) is 50.8 Å². The van der Waals surface area contributed by atoms with Gasteiger partial charge in [-0.05, 0) is 30.3 Å². The van der Waals surface area contributed by atoms with Crippen LogP contribution in [0.4, 0.5) is 4.39 Å². The predicted octanol–water partition coefficient (Wildman–Crippen LogP) is 2.43. The predicted molar refractivity (Wildman–Crippen MR) is 62.3 cm³/mol. The fourth-order valence-electron chi connectivity index (χ4n) is 1.62. The summed E-state index contributed by atoms with van der Waals surface area (Å²) < 4.78 is 13.2. The van der Waals surface area contributed by atoms with E-state index in [4.69, 9.17) is 10.5 Å². The van der Waals surface area contributed by atoms with Crippen LogP contribution in [0.25, 0.3) is 0 Å². The van der Waals surface area contributed by atoms with Gasteiger partial charge in [0.05, 0.1) is 17.7 Å². The lowest BCUT2D eigenvalue weighted by molar-refractivity contribution is 0.286. The van der Waals surface area contributed by atoms with Crippen LogP contribution in [0.1, 0.15) is 24.5 Å². The Balaban J connectivity index is 2.76. The van der Waals surface area contributed by atoms with Crippen molar-refractivity contribution in [2.24, 2.45) is 0 Å². The second kappa shape index (κ2) is 6.62. The van der Waals surface area contributed by atoms with Gasteiger partial charge in [0.15, 0.2) is 0 Å². The van der Waals surface area contributed by atoms with E-state index in [1.54, 1.807) is 6.07 Å². The summed E-state index contributed by atoms with van der Waals surface area (Å²) in [6, 6.07) is 8.34. The highest BCUT2D eigenvalue weighted by molar-refractivity contribution is 5.33. The maximum absolute atomic E-state index is 13.2. The molecule has 0 atom stereocenters. The lowest BCUT2D eigenvalue weighted by Gasteiger charge is -2.18. The molecule has 0 heterocycles. The molecule has 0 fully saturated rings. The number of hydrogen-bond donors (Lipinski definition) is 0. The average molecular weight is 231 g/mol. The molecule has 0 radical (unpaired) electrons. The van der Waals surface area contributed by atoms with Gasteiger partial charge < -0.3 is 0 Å². The molecule has 0 aliphatic rings. The van der Waals surface area contributed by atoms with Crippen molar-refractivity contribution in [2.45, 2.75) is 19.9 Å². The van der Waals surface area contributed by atoms with Gasteiger partial charge in [-0.1, -0.05) is 6.92 Å². The third kappa shape index (κ3) is 4.22. The summed E-state index contributed by atoms with van der Waals surface area (Å²) in [5.74, 6) is -0.393. The minimum Gasteiger partial charge on any atom is -0.298 e. The smallest absolute Gasteiger partial charge is 0.124 e. The fourth-order valence-corrected chi connectivity index (χ4v) is 1.62. The second-order valence-corrected chi connectivity index (χ2v) is 3.74. The first-order valence-corrected chi connectivity index (χ1v) is 5.48. The Morgan fingerprint density at radius 1 is 1.29 bits per heavy atom. The molecule has 1 rings (SSSR count). The molecule has 0 amide bonds. The van der Waals surface area contributed by atoms with Crippen molar-refractivity contribution < 1.29 is 4.39 Å². The summed E-state index contributed by atoms with van der Waals surface area (Å²) >= 11 is 0. The van der Waals surface area contributed by atoms with Crippen LogP contribution < -0.4 is 0 Å². The van der Waals surface area contributed by atoms with E-state index in [-0.39, 0.29) is 0 Å². The Morgan fingerprint density at radius 3 is 2.65 bits per heavy atom. The van der Waals surface area contributed by atoms with E-state index in [9.17, 15) is 4.39 Å². The summed E-state index contributed by atoms with van der Waals surface area (Å²) in [5.41, 5.74) is 1.10. The van der Waals surface area contributed by atoms with Gasteiger partial charge in [-0.25, -0.2) is 4.39 Å². The lowest BCUT2D eigenvalue weighted by Crippen LogP contribution is -2.23. The highest BCUT2D eigenvalue weighted by Gasteiger charge is 2.06. The largest absolute Gasteiger partial charge is 0.298 e. The standard InChI is InChI=1S/C13H14FN3/c1-2-17(5-3-4-15)10-12-6-11(9-16)7-13(14)8-12/h6-8H,2-3,5,10H2,1H3.